The van der Waals surface area contributed by atoms with Crippen LogP contribution in [0.1, 0.15) is 25.5 Å². The number of aliphatic hydroxyl groups excluding tert-OH is 1. The van der Waals surface area contributed by atoms with Crippen LogP contribution in [0.4, 0.5) is 5.82 Å². The lowest BCUT2D eigenvalue weighted by Gasteiger charge is -2.27. The van der Waals surface area contributed by atoms with Crippen molar-refractivity contribution in [3.63, 3.8) is 0 Å². The van der Waals surface area contributed by atoms with Gasteiger partial charge in [0.25, 0.3) is 0 Å². The summed E-state index contributed by atoms with van der Waals surface area (Å²) < 4.78 is 0. The summed E-state index contributed by atoms with van der Waals surface area (Å²) in [7, 11) is 2.02. The maximum absolute atomic E-state index is 9.69. The number of anilines is 1. The molecule has 0 bridgehead atoms. The summed E-state index contributed by atoms with van der Waals surface area (Å²) in [5.74, 6) is 1.92. The van der Waals surface area contributed by atoms with Crippen LogP contribution < -0.4 is 4.90 Å². The number of pyridine rings is 1. The van der Waals surface area contributed by atoms with E-state index in [0.29, 0.717) is 6.04 Å². The molecule has 0 radical (unpaired) electrons. The van der Waals surface area contributed by atoms with Gasteiger partial charge in [0.2, 0.25) is 0 Å². The molecule has 0 aliphatic rings. The van der Waals surface area contributed by atoms with Crippen LogP contribution in [0.2, 0.25) is 0 Å². The van der Waals surface area contributed by atoms with Gasteiger partial charge in [0.15, 0.2) is 0 Å². The summed E-state index contributed by atoms with van der Waals surface area (Å²) in [5.41, 5.74) is 0.887. The molecule has 16 heavy (non-hydrogen) atoms. The third kappa shape index (κ3) is 3.12. The van der Waals surface area contributed by atoms with Crippen molar-refractivity contribution in [1.82, 2.24) is 4.98 Å². The number of hydrogen-bond donors (Lipinski definition) is 1. The summed E-state index contributed by atoms with van der Waals surface area (Å²) in [4.78, 5) is 6.48. The van der Waals surface area contributed by atoms with Gasteiger partial charge in [-0.3, -0.25) is 0 Å². The van der Waals surface area contributed by atoms with Gasteiger partial charge < -0.3 is 10.0 Å². The average molecular weight is 240 g/mol. The van der Waals surface area contributed by atoms with Crippen molar-refractivity contribution in [3.8, 4) is 0 Å². The molecular weight excluding hydrogens is 220 g/mol. The minimum Gasteiger partial charge on any atom is -0.389 e. The molecule has 4 heteroatoms. The normalized spacial score (nSPS) is 14.6. The summed E-state index contributed by atoms with van der Waals surface area (Å²) >= 11 is 1.82. The van der Waals surface area contributed by atoms with Gasteiger partial charge in [-0.15, -0.1) is 0 Å². The van der Waals surface area contributed by atoms with E-state index in [1.807, 2.05) is 30.9 Å². The molecule has 2 atom stereocenters. The zero-order valence-electron chi connectivity index (χ0n) is 10.3. The quantitative estimate of drug-likeness (QED) is 0.857. The van der Waals surface area contributed by atoms with E-state index in [2.05, 4.69) is 23.1 Å². The molecule has 1 aromatic heterocycles. The van der Waals surface area contributed by atoms with Gasteiger partial charge in [-0.1, -0.05) is 6.07 Å². The van der Waals surface area contributed by atoms with E-state index in [-0.39, 0.29) is 0 Å². The van der Waals surface area contributed by atoms with Crippen LogP contribution >= 0.6 is 11.8 Å². The first-order chi connectivity index (χ1) is 7.57. The van der Waals surface area contributed by atoms with Gasteiger partial charge in [-0.05, 0) is 26.2 Å². The van der Waals surface area contributed by atoms with Crippen LogP contribution in [0.5, 0.6) is 0 Å². The third-order valence-corrected chi connectivity index (χ3v) is 3.49. The number of aromatic nitrogens is 1. The number of thioether (sulfide) groups is 1. The van der Waals surface area contributed by atoms with Crippen LogP contribution in [0, 0.1) is 0 Å². The van der Waals surface area contributed by atoms with Crippen LogP contribution in [-0.2, 0) is 0 Å². The highest BCUT2D eigenvalue weighted by molar-refractivity contribution is 7.98. The lowest BCUT2D eigenvalue weighted by molar-refractivity contribution is 0.199. The van der Waals surface area contributed by atoms with Gasteiger partial charge >= 0.3 is 0 Å². The van der Waals surface area contributed by atoms with Crippen LogP contribution in [0.15, 0.2) is 18.3 Å². The summed E-state index contributed by atoms with van der Waals surface area (Å²) in [6.45, 7) is 3.94. The maximum Gasteiger partial charge on any atom is 0.134 e. The molecule has 0 saturated heterocycles. The van der Waals surface area contributed by atoms with Gasteiger partial charge in [-0.25, -0.2) is 4.98 Å². The lowest BCUT2D eigenvalue weighted by atomic mass is 10.1. The Morgan fingerprint density at radius 1 is 1.50 bits per heavy atom. The third-order valence-electron chi connectivity index (χ3n) is 2.67. The molecule has 0 aliphatic heterocycles. The average Bonchev–Trinajstić information content (AvgIpc) is 2.28. The number of nitrogens with zero attached hydrogens (tertiary/aromatic N) is 2. The lowest BCUT2D eigenvalue weighted by Crippen LogP contribution is -2.32. The first kappa shape index (κ1) is 13.3. The Kier molecular flexibility index (Phi) is 5.09. The van der Waals surface area contributed by atoms with Crippen LogP contribution in [0.25, 0.3) is 0 Å². The summed E-state index contributed by atoms with van der Waals surface area (Å²) in [5, 5.41) is 9.69. The minimum absolute atomic E-state index is 0.405. The number of rotatable bonds is 5. The Morgan fingerprint density at radius 3 is 2.75 bits per heavy atom. The Morgan fingerprint density at radius 2 is 2.19 bits per heavy atom. The molecule has 2 unspecified atom stereocenters. The molecule has 1 heterocycles. The van der Waals surface area contributed by atoms with Crippen LogP contribution in [0.3, 0.4) is 0 Å². The Balaban J connectivity index is 2.93. The second kappa shape index (κ2) is 6.11. The fourth-order valence-corrected chi connectivity index (χ4v) is 2.30. The molecule has 1 aromatic rings. The second-order valence-electron chi connectivity index (χ2n) is 4.01. The van der Waals surface area contributed by atoms with E-state index in [4.69, 9.17) is 0 Å². The fraction of sp³-hybridized carbons (Fsp3) is 0.583. The maximum atomic E-state index is 9.69. The molecular formula is C12H20N2OS. The Labute approximate surface area is 102 Å². The molecule has 90 valence electrons. The predicted molar refractivity (Wildman–Crippen MR) is 71.1 cm³/mol. The first-order valence-corrected chi connectivity index (χ1v) is 6.82. The topological polar surface area (TPSA) is 36.4 Å². The van der Waals surface area contributed by atoms with E-state index in [0.717, 1.165) is 17.1 Å². The van der Waals surface area contributed by atoms with E-state index >= 15 is 0 Å². The van der Waals surface area contributed by atoms with Crippen molar-refractivity contribution in [3.05, 3.63) is 23.9 Å². The highest BCUT2D eigenvalue weighted by atomic mass is 32.2. The Bertz CT molecular complexity index is 331. The van der Waals surface area contributed by atoms with Crippen LogP contribution in [-0.4, -0.2) is 35.2 Å². The van der Waals surface area contributed by atoms with E-state index in [1.54, 1.807) is 13.1 Å². The minimum atomic E-state index is -0.479. The predicted octanol–water partition coefficient (Wildman–Crippen LogP) is 2.32. The molecule has 0 aliphatic carbocycles. The molecule has 0 spiro atoms. The molecule has 0 aromatic carbocycles. The monoisotopic (exact) mass is 240 g/mol. The SMILES string of the molecule is CSCC(C)N(C)c1ncccc1C(C)O. The Hall–Kier alpha value is -0.740. The van der Waals surface area contributed by atoms with E-state index < -0.39 is 6.10 Å². The zero-order chi connectivity index (χ0) is 12.1. The van der Waals surface area contributed by atoms with Crippen molar-refractivity contribution < 1.29 is 5.11 Å². The molecule has 0 saturated carbocycles. The smallest absolute Gasteiger partial charge is 0.134 e. The van der Waals surface area contributed by atoms with Crippen molar-refractivity contribution in [1.29, 1.82) is 0 Å². The van der Waals surface area contributed by atoms with Crippen molar-refractivity contribution in [2.24, 2.45) is 0 Å². The van der Waals surface area contributed by atoms with Gasteiger partial charge in [0.05, 0.1) is 6.10 Å². The summed E-state index contributed by atoms with van der Waals surface area (Å²) in [6, 6.07) is 4.19. The largest absolute Gasteiger partial charge is 0.389 e. The zero-order valence-corrected chi connectivity index (χ0v) is 11.2. The fourth-order valence-electron chi connectivity index (χ4n) is 1.59. The summed E-state index contributed by atoms with van der Waals surface area (Å²) in [6.07, 6.45) is 3.38. The second-order valence-corrected chi connectivity index (χ2v) is 4.92. The van der Waals surface area contributed by atoms with Gasteiger partial charge in [0, 0.05) is 30.6 Å². The molecule has 0 fully saturated rings. The van der Waals surface area contributed by atoms with E-state index in [1.165, 1.54) is 0 Å². The molecule has 3 nitrogen and oxygen atoms in total. The molecule has 1 rings (SSSR count). The van der Waals surface area contributed by atoms with Crippen molar-refractivity contribution in [2.75, 3.05) is 24.0 Å². The number of aliphatic hydroxyl groups is 1. The molecule has 0 amide bonds. The first-order valence-electron chi connectivity index (χ1n) is 5.42. The van der Waals surface area contributed by atoms with Crippen molar-refractivity contribution >= 4 is 17.6 Å². The van der Waals surface area contributed by atoms with Gasteiger partial charge in [-0.2, -0.15) is 11.8 Å². The van der Waals surface area contributed by atoms with E-state index in [9.17, 15) is 5.11 Å². The molecule has 1 N–H and O–H groups in total. The highest BCUT2D eigenvalue weighted by Crippen LogP contribution is 2.24. The standard InChI is InChI=1S/C12H20N2OS/c1-9(8-16-4)14(3)12-11(10(2)15)6-5-7-13-12/h5-7,9-10,15H,8H2,1-4H3. The van der Waals surface area contributed by atoms with Gasteiger partial charge in [0.1, 0.15) is 5.82 Å². The highest BCUT2D eigenvalue weighted by Gasteiger charge is 2.16. The van der Waals surface area contributed by atoms with Crippen molar-refractivity contribution in [2.45, 2.75) is 26.0 Å². The number of hydrogen-bond acceptors (Lipinski definition) is 4.